The van der Waals surface area contributed by atoms with E-state index in [4.69, 9.17) is 28.9 Å². The summed E-state index contributed by atoms with van der Waals surface area (Å²) in [6.45, 7) is 5.07. The average Bonchev–Trinajstić information content (AvgIpc) is 2.81. The first-order valence-corrected chi connectivity index (χ1v) is 7.67. The lowest BCUT2D eigenvalue weighted by molar-refractivity contribution is 0.536. The van der Waals surface area contributed by atoms with E-state index in [-0.39, 0.29) is 16.1 Å². The number of anilines is 1. The maximum absolute atomic E-state index is 5.99. The van der Waals surface area contributed by atoms with Crippen LogP contribution in [0.1, 0.15) is 13.8 Å². The van der Waals surface area contributed by atoms with E-state index in [1.807, 2.05) is 24.3 Å². The number of aromatic nitrogens is 4. The van der Waals surface area contributed by atoms with Crippen LogP contribution in [0.15, 0.2) is 24.3 Å². The van der Waals surface area contributed by atoms with Crippen LogP contribution in [-0.4, -0.2) is 19.5 Å². The van der Waals surface area contributed by atoms with Gasteiger partial charge in [0, 0.05) is 6.54 Å². The second-order valence-electron chi connectivity index (χ2n) is 5.47. The molecule has 0 amide bonds. The Kier molecular flexibility index (Phi) is 3.93. The number of imidazole rings is 1. The Morgan fingerprint density at radius 2 is 1.77 bits per heavy atom. The monoisotopic (exact) mass is 335 g/mol. The second kappa shape index (κ2) is 5.74. The smallest absolute Gasteiger partial charge is 0.168 e. The van der Waals surface area contributed by atoms with E-state index >= 15 is 0 Å². The summed E-state index contributed by atoms with van der Waals surface area (Å²) >= 11 is 11.9. The highest BCUT2D eigenvalue weighted by Gasteiger charge is 2.19. The number of para-hydroxylation sites is 2. The average molecular weight is 336 g/mol. The molecular formula is C15H15Cl2N5. The first-order chi connectivity index (χ1) is 10.5. The summed E-state index contributed by atoms with van der Waals surface area (Å²) in [6, 6.07) is 7.91. The summed E-state index contributed by atoms with van der Waals surface area (Å²) in [5.74, 6) is 1.31. The Bertz CT molecular complexity index is 841. The van der Waals surface area contributed by atoms with Gasteiger partial charge < -0.3 is 10.3 Å². The van der Waals surface area contributed by atoms with Crippen molar-refractivity contribution in [3.05, 3.63) is 34.6 Å². The molecule has 0 aliphatic carbocycles. The topological polar surface area (TPSA) is 69.6 Å². The molecule has 3 aromatic rings. The third-order valence-corrected chi connectivity index (χ3v) is 3.88. The lowest BCUT2D eigenvalue weighted by Gasteiger charge is -2.12. The van der Waals surface area contributed by atoms with Gasteiger partial charge in [-0.15, -0.1) is 0 Å². The summed E-state index contributed by atoms with van der Waals surface area (Å²) in [5, 5.41) is 0.212. The van der Waals surface area contributed by atoms with Gasteiger partial charge in [-0.2, -0.15) is 0 Å². The number of nitrogen functional groups attached to an aromatic ring is 1. The molecule has 2 aromatic heterocycles. The summed E-state index contributed by atoms with van der Waals surface area (Å²) in [6.07, 6.45) is 0. The van der Waals surface area contributed by atoms with Crippen molar-refractivity contribution in [2.75, 3.05) is 5.73 Å². The molecule has 0 saturated carbocycles. The molecule has 0 unspecified atom stereocenters. The van der Waals surface area contributed by atoms with Gasteiger partial charge >= 0.3 is 0 Å². The van der Waals surface area contributed by atoms with Gasteiger partial charge in [-0.05, 0) is 18.1 Å². The van der Waals surface area contributed by atoms with Crippen LogP contribution in [0.2, 0.25) is 10.3 Å². The molecule has 0 bridgehead atoms. The van der Waals surface area contributed by atoms with Crippen LogP contribution in [0.4, 0.5) is 5.82 Å². The van der Waals surface area contributed by atoms with Gasteiger partial charge in [0.05, 0.1) is 11.0 Å². The highest BCUT2D eigenvalue weighted by atomic mass is 35.5. The minimum absolute atomic E-state index is 0.0921. The van der Waals surface area contributed by atoms with Gasteiger partial charge in [0.2, 0.25) is 0 Å². The lowest BCUT2D eigenvalue weighted by Crippen LogP contribution is -2.09. The van der Waals surface area contributed by atoms with Gasteiger partial charge in [0.15, 0.2) is 21.9 Å². The number of rotatable bonds is 3. The summed E-state index contributed by atoms with van der Waals surface area (Å²) in [4.78, 5) is 13.0. The molecule has 7 heteroatoms. The summed E-state index contributed by atoms with van der Waals surface area (Å²) in [5.41, 5.74) is 8.33. The van der Waals surface area contributed by atoms with E-state index in [9.17, 15) is 0 Å². The van der Waals surface area contributed by atoms with Gasteiger partial charge in [-0.25, -0.2) is 15.0 Å². The molecule has 1 aromatic carbocycles. The number of benzene rings is 1. The Labute approximate surface area is 138 Å². The first-order valence-electron chi connectivity index (χ1n) is 6.91. The van der Waals surface area contributed by atoms with Crippen LogP contribution in [0.5, 0.6) is 0 Å². The molecule has 2 heterocycles. The maximum Gasteiger partial charge on any atom is 0.168 e. The standard InChI is InChI=1S/C15H15Cl2N5/c1-8(2)7-22-10-6-4-3-5-9(10)19-15(22)11-14(18)21-13(17)12(16)20-11/h3-6,8H,7H2,1-2H3,(H2,18,21). The maximum atomic E-state index is 5.99. The quantitative estimate of drug-likeness (QED) is 0.784. The molecule has 0 atom stereocenters. The predicted octanol–water partition coefficient (Wildman–Crippen LogP) is 4.04. The van der Waals surface area contributed by atoms with E-state index < -0.39 is 0 Å². The molecule has 0 fully saturated rings. The fourth-order valence-corrected chi connectivity index (χ4v) is 2.64. The Balaban J connectivity index is 2.28. The normalized spacial score (nSPS) is 11.5. The van der Waals surface area contributed by atoms with E-state index in [0.717, 1.165) is 17.6 Å². The van der Waals surface area contributed by atoms with Crippen molar-refractivity contribution >= 4 is 40.1 Å². The van der Waals surface area contributed by atoms with Crippen LogP contribution in [0.25, 0.3) is 22.6 Å². The van der Waals surface area contributed by atoms with Gasteiger partial charge in [-0.1, -0.05) is 49.2 Å². The van der Waals surface area contributed by atoms with Crippen molar-refractivity contribution in [3.8, 4) is 11.5 Å². The Morgan fingerprint density at radius 3 is 2.50 bits per heavy atom. The molecule has 2 N–H and O–H groups in total. The molecular weight excluding hydrogens is 321 g/mol. The van der Waals surface area contributed by atoms with Crippen LogP contribution >= 0.6 is 23.2 Å². The highest BCUT2D eigenvalue weighted by Crippen LogP contribution is 2.30. The van der Waals surface area contributed by atoms with E-state index in [2.05, 4.69) is 33.4 Å². The number of hydrogen-bond donors (Lipinski definition) is 1. The van der Waals surface area contributed by atoms with Crippen molar-refractivity contribution in [2.24, 2.45) is 5.92 Å². The van der Waals surface area contributed by atoms with Crippen LogP contribution in [0, 0.1) is 5.92 Å². The first kappa shape index (κ1) is 15.1. The molecule has 0 aliphatic rings. The largest absolute Gasteiger partial charge is 0.382 e. The third kappa shape index (κ3) is 2.62. The van der Waals surface area contributed by atoms with Gasteiger partial charge in [0.25, 0.3) is 0 Å². The predicted molar refractivity (Wildman–Crippen MR) is 90.0 cm³/mol. The van der Waals surface area contributed by atoms with Crippen molar-refractivity contribution in [1.29, 1.82) is 0 Å². The molecule has 114 valence electrons. The number of nitrogens with zero attached hydrogens (tertiary/aromatic N) is 4. The molecule has 5 nitrogen and oxygen atoms in total. The lowest BCUT2D eigenvalue weighted by atomic mass is 10.2. The zero-order valence-electron chi connectivity index (χ0n) is 12.2. The zero-order chi connectivity index (χ0) is 15.9. The van der Waals surface area contributed by atoms with Crippen LogP contribution in [0.3, 0.4) is 0 Å². The molecule has 0 saturated heterocycles. The molecule has 22 heavy (non-hydrogen) atoms. The van der Waals surface area contributed by atoms with Crippen LogP contribution < -0.4 is 5.73 Å². The zero-order valence-corrected chi connectivity index (χ0v) is 13.7. The molecule has 0 radical (unpaired) electrons. The molecule has 0 spiro atoms. The van der Waals surface area contributed by atoms with Crippen molar-refractivity contribution in [3.63, 3.8) is 0 Å². The fraction of sp³-hybridized carbons (Fsp3) is 0.267. The SMILES string of the molecule is CC(C)Cn1c(-c2nc(Cl)c(Cl)nc2N)nc2ccccc21. The third-order valence-electron chi connectivity index (χ3n) is 3.26. The highest BCUT2D eigenvalue weighted by molar-refractivity contribution is 6.40. The number of nitrogens with two attached hydrogens (primary N) is 1. The molecule has 0 aliphatic heterocycles. The fourth-order valence-electron chi connectivity index (χ4n) is 2.38. The Hall–Kier alpha value is -1.85. The van der Waals surface area contributed by atoms with E-state index in [1.54, 1.807) is 0 Å². The number of fused-ring (bicyclic) bond motifs is 1. The van der Waals surface area contributed by atoms with Crippen molar-refractivity contribution < 1.29 is 0 Å². The minimum Gasteiger partial charge on any atom is -0.382 e. The van der Waals surface area contributed by atoms with E-state index in [1.165, 1.54) is 0 Å². The van der Waals surface area contributed by atoms with Gasteiger partial charge in [0.1, 0.15) is 5.69 Å². The van der Waals surface area contributed by atoms with Gasteiger partial charge in [-0.3, -0.25) is 0 Å². The van der Waals surface area contributed by atoms with Crippen LogP contribution in [-0.2, 0) is 6.54 Å². The summed E-state index contributed by atoms with van der Waals surface area (Å²) in [7, 11) is 0. The Morgan fingerprint density at radius 1 is 1.09 bits per heavy atom. The molecule has 3 rings (SSSR count). The number of halogens is 2. The number of hydrogen-bond acceptors (Lipinski definition) is 4. The van der Waals surface area contributed by atoms with E-state index in [0.29, 0.717) is 17.4 Å². The second-order valence-corrected chi connectivity index (χ2v) is 6.18. The minimum atomic E-state index is 0.0921. The van der Waals surface area contributed by atoms with Crippen molar-refractivity contribution in [2.45, 2.75) is 20.4 Å². The summed E-state index contributed by atoms with van der Waals surface area (Å²) < 4.78 is 2.09. The van der Waals surface area contributed by atoms with Crippen molar-refractivity contribution in [1.82, 2.24) is 19.5 Å².